The maximum absolute atomic E-state index is 12.3. The van der Waals surface area contributed by atoms with Crippen molar-refractivity contribution in [2.45, 2.75) is 33.2 Å². The summed E-state index contributed by atoms with van der Waals surface area (Å²) in [5, 5.41) is 7.06. The van der Waals surface area contributed by atoms with Gasteiger partial charge in [-0.15, -0.1) is 0 Å². The van der Waals surface area contributed by atoms with Crippen molar-refractivity contribution in [3.63, 3.8) is 0 Å². The van der Waals surface area contributed by atoms with E-state index in [4.69, 9.17) is 5.84 Å². The summed E-state index contributed by atoms with van der Waals surface area (Å²) in [4.78, 5) is 16.6. The number of carbonyl (C=O) groups excluding carboxylic acids is 1. The molecule has 0 radical (unpaired) electrons. The zero-order valence-electron chi connectivity index (χ0n) is 12.3. The number of thiophene rings is 1. The standard InChI is InChI=1S/C15H20N4OS/c1-3-4-13-5-11(6-14(18-13)19-16)15(20)17-7-12-9-21-8-10(12)2/h5-6,8-9H,3-4,7,16H2,1-2H3,(H,17,20)(H,18,19). The minimum absolute atomic E-state index is 0.114. The molecule has 4 N–H and O–H groups in total. The molecule has 0 bridgehead atoms. The molecule has 0 saturated heterocycles. The number of hydrazine groups is 1. The third-order valence-electron chi connectivity index (χ3n) is 3.20. The number of rotatable bonds is 6. The fourth-order valence-electron chi connectivity index (χ4n) is 2.02. The number of nitrogens with one attached hydrogen (secondary N) is 2. The first-order valence-corrected chi connectivity index (χ1v) is 7.85. The van der Waals surface area contributed by atoms with Crippen molar-refractivity contribution < 1.29 is 4.79 Å². The summed E-state index contributed by atoms with van der Waals surface area (Å²) in [6.07, 6.45) is 1.79. The average molecular weight is 304 g/mol. The Morgan fingerprint density at radius 2 is 2.19 bits per heavy atom. The van der Waals surface area contributed by atoms with Gasteiger partial charge >= 0.3 is 0 Å². The van der Waals surface area contributed by atoms with Gasteiger partial charge in [0, 0.05) is 17.8 Å². The predicted molar refractivity (Wildman–Crippen MR) is 86.3 cm³/mol. The van der Waals surface area contributed by atoms with E-state index in [2.05, 4.69) is 33.4 Å². The van der Waals surface area contributed by atoms with E-state index < -0.39 is 0 Å². The van der Waals surface area contributed by atoms with Crippen LogP contribution in [0.2, 0.25) is 0 Å². The quantitative estimate of drug-likeness (QED) is 0.566. The third kappa shape index (κ3) is 4.03. The molecule has 2 rings (SSSR count). The van der Waals surface area contributed by atoms with E-state index in [1.54, 1.807) is 17.4 Å². The topological polar surface area (TPSA) is 80.0 Å². The summed E-state index contributed by atoms with van der Waals surface area (Å²) < 4.78 is 0. The number of nitrogens with zero attached hydrogens (tertiary/aromatic N) is 1. The van der Waals surface area contributed by atoms with E-state index >= 15 is 0 Å². The zero-order chi connectivity index (χ0) is 15.2. The van der Waals surface area contributed by atoms with Crippen LogP contribution in [-0.4, -0.2) is 10.9 Å². The number of hydrogen-bond donors (Lipinski definition) is 3. The minimum Gasteiger partial charge on any atom is -0.348 e. The lowest BCUT2D eigenvalue weighted by atomic mass is 10.1. The van der Waals surface area contributed by atoms with E-state index in [0.717, 1.165) is 24.1 Å². The number of carbonyl (C=O) groups is 1. The number of hydrogen-bond acceptors (Lipinski definition) is 5. The summed E-state index contributed by atoms with van der Waals surface area (Å²) in [6.45, 7) is 4.65. The van der Waals surface area contributed by atoms with Crippen LogP contribution in [0.5, 0.6) is 0 Å². The van der Waals surface area contributed by atoms with Gasteiger partial charge < -0.3 is 10.7 Å². The van der Waals surface area contributed by atoms with Crippen LogP contribution in [-0.2, 0) is 13.0 Å². The Morgan fingerprint density at radius 3 is 2.81 bits per heavy atom. The molecule has 0 fully saturated rings. The van der Waals surface area contributed by atoms with Gasteiger partial charge in [0.25, 0.3) is 5.91 Å². The molecule has 2 aromatic rings. The van der Waals surface area contributed by atoms with Gasteiger partial charge in [-0.05, 0) is 47.4 Å². The largest absolute Gasteiger partial charge is 0.348 e. The normalized spacial score (nSPS) is 10.4. The van der Waals surface area contributed by atoms with Crippen LogP contribution >= 0.6 is 11.3 Å². The van der Waals surface area contributed by atoms with Crippen molar-refractivity contribution in [1.82, 2.24) is 10.3 Å². The first-order chi connectivity index (χ1) is 10.1. The predicted octanol–water partition coefficient (Wildman–Crippen LogP) is 2.62. The van der Waals surface area contributed by atoms with E-state index in [1.807, 2.05) is 13.0 Å². The van der Waals surface area contributed by atoms with E-state index in [0.29, 0.717) is 17.9 Å². The molecule has 0 saturated carbocycles. The molecule has 6 heteroatoms. The lowest BCUT2D eigenvalue weighted by Crippen LogP contribution is -2.23. The fraction of sp³-hybridized carbons (Fsp3) is 0.333. The van der Waals surface area contributed by atoms with Crippen LogP contribution in [0.25, 0.3) is 0 Å². The van der Waals surface area contributed by atoms with Crippen LogP contribution in [0.15, 0.2) is 22.9 Å². The van der Waals surface area contributed by atoms with Crippen LogP contribution < -0.4 is 16.6 Å². The van der Waals surface area contributed by atoms with Crippen LogP contribution in [0.3, 0.4) is 0 Å². The van der Waals surface area contributed by atoms with Gasteiger partial charge in [-0.1, -0.05) is 13.3 Å². The van der Waals surface area contributed by atoms with Gasteiger partial charge in [0.15, 0.2) is 0 Å². The van der Waals surface area contributed by atoms with Crippen LogP contribution in [0.4, 0.5) is 5.82 Å². The van der Waals surface area contributed by atoms with Crippen LogP contribution in [0.1, 0.15) is 40.5 Å². The molecule has 0 spiro atoms. The number of pyridine rings is 1. The fourth-order valence-corrected chi connectivity index (χ4v) is 2.88. The molecule has 112 valence electrons. The first-order valence-electron chi connectivity index (χ1n) is 6.91. The molecule has 0 unspecified atom stereocenters. The Balaban J connectivity index is 2.10. The number of aryl methyl sites for hydroxylation is 2. The molecule has 2 heterocycles. The molecule has 0 atom stereocenters. The monoisotopic (exact) mass is 304 g/mol. The third-order valence-corrected chi connectivity index (χ3v) is 4.11. The molecule has 0 aliphatic carbocycles. The molecule has 0 aliphatic heterocycles. The molecule has 21 heavy (non-hydrogen) atoms. The Hall–Kier alpha value is -1.92. The number of aromatic nitrogens is 1. The van der Waals surface area contributed by atoms with Gasteiger partial charge in [0.05, 0.1) is 0 Å². The summed E-state index contributed by atoms with van der Waals surface area (Å²) in [6, 6.07) is 3.48. The SMILES string of the molecule is CCCc1cc(C(=O)NCc2cscc2C)cc(NN)n1. The number of anilines is 1. The number of nitrogens with two attached hydrogens (primary N) is 1. The van der Waals surface area contributed by atoms with Crippen molar-refractivity contribution in [3.8, 4) is 0 Å². The summed E-state index contributed by atoms with van der Waals surface area (Å²) in [5.41, 5.74) is 6.30. The van der Waals surface area contributed by atoms with Crippen molar-refractivity contribution in [2.75, 3.05) is 5.43 Å². The van der Waals surface area contributed by atoms with Crippen molar-refractivity contribution in [1.29, 1.82) is 0 Å². The van der Waals surface area contributed by atoms with Gasteiger partial charge in [-0.3, -0.25) is 4.79 Å². The highest BCUT2D eigenvalue weighted by atomic mass is 32.1. The summed E-state index contributed by atoms with van der Waals surface area (Å²) in [5.74, 6) is 5.81. The highest BCUT2D eigenvalue weighted by Gasteiger charge is 2.10. The van der Waals surface area contributed by atoms with Gasteiger partial charge in [0.1, 0.15) is 5.82 Å². The number of nitrogen functional groups attached to an aromatic ring is 1. The lowest BCUT2D eigenvalue weighted by Gasteiger charge is -2.09. The molecule has 2 aromatic heterocycles. The molecule has 1 amide bonds. The van der Waals surface area contributed by atoms with Gasteiger partial charge in [-0.2, -0.15) is 11.3 Å². The van der Waals surface area contributed by atoms with Gasteiger partial charge in [-0.25, -0.2) is 10.8 Å². The highest BCUT2D eigenvalue weighted by molar-refractivity contribution is 7.08. The average Bonchev–Trinajstić information content (AvgIpc) is 2.90. The molecule has 0 aromatic carbocycles. The second-order valence-corrected chi connectivity index (χ2v) is 5.63. The van der Waals surface area contributed by atoms with Gasteiger partial charge in [0.2, 0.25) is 0 Å². The van der Waals surface area contributed by atoms with E-state index in [1.165, 1.54) is 5.56 Å². The minimum atomic E-state index is -0.114. The van der Waals surface area contributed by atoms with E-state index in [9.17, 15) is 4.79 Å². The molecular weight excluding hydrogens is 284 g/mol. The Bertz CT molecular complexity index is 624. The smallest absolute Gasteiger partial charge is 0.251 e. The van der Waals surface area contributed by atoms with Crippen molar-refractivity contribution in [3.05, 3.63) is 45.3 Å². The molecule has 5 nitrogen and oxygen atoms in total. The lowest BCUT2D eigenvalue weighted by molar-refractivity contribution is 0.0950. The maximum atomic E-state index is 12.3. The first kappa shape index (κ1) is 15.5. The summed E-state index contributed by atoms with van der Waals surface area (Å²) >= 11 is 1.64. The Morgan fingerprint density at radius 1 is 1.38 bits per heavy atom. The maximum Gasteiger partial charge on any atom is 0.251 e. The molecular formula is C15H20N4OS. The summed E-state index contributed by atoms with van der Waals surface area (Å²) in [7, 11) is 0. The van der Waals surface area contributed by atoms with Crippen molar-refractivity contribution >= 4 is 23.1 Å². The van der Waals surface area contributed by atoms with E-state index in [-0.39, 0.29) is 5.91 Å². The van der Waals surface area contributed by atoms with Crippen molar-refractivity contribution in [2.24, 2.45) is 5.84 Å². The highest BCUT2D eigenvalue weighted by Crippen LogP contribution is 2.14. The van der Waals surface area contributed by atoms with Crippen LogP contribution in [0, 0.1) is 6.92 Å². The Kier molecular flexibility index (Phi) is 5.30. The second kappa shape index (κ2) is 7.19. The Labute approximate surface area is 128 Å². The number of amides is 1. The second-order valence-electron chi connectivity index (χ2n) is 4.89. The zero-order valence-corrected chi connectivity index (χ0v) is 13.1. The molecule has 0 aliphatic rings.